The first kappa shape index (κ1) is 26.7. The molecule has 1 heterocycles. The number of benzene rings is 2. The van der Waals surface area contributed by atoms with Crippen LogP contribution in [0.4, 0.5) is 10.1 Å². The molecule has 1 atom stereocenters. The van der Waals surface area contributed by atoms with E-state index in [-0.39, 0.29) is 17.6 Å². The minimum absolute atomic E-state index is 0.103. The molecule has 0 spiro atoms. The summed E-state index contributed by atoms with van der Waals surface area (Å²) in [5, 5.41) is 13.0. The summed E-state index contributed by atoms with van der Waals surface area (Å²) in [5.74, 6) is 0.514. The number of carbonyl (C=O) groups is 1. The Morgan fingerprint density at radius 1 is 1.06 bits per heavy atom. The van der Waals surface area contributed by atoms with E-state index in [1.54, 1.807) is 12.1 Å². The lowest BCUT2D eigenvalue weighted by atomic mass is 9.70. The first-order valence-electron chi connectivity index (χ1n) is 12.4. The second kappa shape index (κ2) is 12.7. The van der Waals surface area contributed by atoms with Crippen molar-refractivity contribution < 1.29 is 13.9 Å². The zero-order valence-electron chi connectivity index (χ0n) is 21.1. The highest BCUT2D eigenvalue weighted by atomic mass is 19.1. The van der Waals surface area contributed by atoms with Gasteiger partial charge in [-0.1, -0.05) is 26.0 Å². The Kier molecular flexibility index (Phi) is 9.64. The number of hydrogen-bond acceptors (Lipinski definition) is 5. The van der Waals surface area contributed by atoms with E-state index in [1.165, 1.54) is 19.1 Å². The van der Waals surface area contributed by atoms with Crippen LogP contribution in [0.1, 0.15) is 39.2 Å². The van der Waals surface area contributed by atoms with E-state index in [2.05, 4.69) is 35.0 Å². The highest BCUT2D eigenvalue weighted by Crippen LogP contribution is 2.37. The maximum Gasteiger partial charge on any atom is 0.221 e. The van der Waals surface area contributed by atoms with Gasteiger partial charge >= 0.3 is 0 Å². The third kappa shape index (κ3) is 7.51. The van der Waals surface area contributed by atoms with Crippen molar-refractivity contribution in [2.24, 2.45) is 5.92 Å². The van der Waals surface area contributed by atoms with Crippen molar-refractivity contribution in [2.75, 3.05) is 51.2 Å². The van der Waals surface area contributed by atoms with Crippen molar-refractivity contribution in [1.29, 1.82) is 5.26 Å². The molecular weight excluding hydrogens is 443 g/mol. The normalized spacial score (nSPS) is 16.5. The number of piperazine rings is 1. The van der Waals surface area contributed by atoms with Crippen LogP contribution in [0.3, 0.4) is 0 Å². The van der Waals surface area contributed by atoms with Crippen LogP contribution in [-0.4, -0.2) is 61.6 Å². The highest BCUT2D eigenvalue weighted by Gasteiger charge is 2.35. The number of nitrogens with one attached hydrogen (secondary N) is 1. The molecule has 2 aromatic rings. The highest BCUT2D eigenvalue weighted by molar-refractivity contribution is 5.88. The molecule has 188 valence electrons. The monoisotopic (exact) mass is 480 g/mol. The topological polar surface area (TPSA) is 68.6 Å². The van der Waals surface area contributed by atoms with E-state index in [1.807, 2.05) is 24.3 Å². The average molecular weight is 481 g/mol. The van der Waals surface area contributed by atoms with Gasteiger partial charge in [0, 0.05) is 45.3 Å². The Bertz CT molecular complexity index is 980. The quantitative estimate of drug-likeness (QED) is 0.506. The van der Waals surface area contributed by atoms with Gasteiger partial charge in [0.25, 0.3) is 0 Å². The Labute approximate surface area is 208 Å². The van der Waals surface area contributed by atoms with Crippen molar-refractivity contribution in [2.45, 2.75) is 39.0 Å². The van der Waals surface area contributed by atoms with Crippen LogP contribution in [0, 0.1) is 23.1 Å². The molecule has 1 amide bonds. The number of hydrogen-bond donors (Lipinski definition) is 1. The molecule has 7 heteroatoms. The maximum atomic E-state index is 13.0. The van der Waals surface area contributed by atoms with Gasteiger partial charge in [0.2, 0.25) is 5.91 Å². The van der Waals surface area contributed by atoms with Gasteiger partial charge in [0.15, 0.2) is 0 Å². The second-order valence-electron chi connectivity index (χ2n) is 9.59. The SMILES string of the molecule is CC(=O)Nc1ccc(C(C#N)(CCCN2CCN(CCOc3ccc(F)cc3)CC2)C(C)C)cc1. The predicted molar refractivity (Wildman–Crippen MR) is 137 cm³/mol. The first-order valence-corrected chi connectivity index (χ1v) is 12.4. The Hall–Kier alpha value is -2.95. The minimum atomic E-state index is -0.547. The zero-order valence-corrected chi connectivity index (χ0v) is 21.1. The van der Waals surface area contributed by atoms with E-state index in [9.17, 15) is 14.4 Å². The fraction of sp³-hybridized carbons (Fsp3) is 0.500. The van der Waals surface area contributed by atoms with Crippen molar-refractivity contribution in [3.05, 3.63) is 59.9 Å². The Morgan fingerprint density at radius 2 is 1.66 bits per heavy atom. The van der Waals surface area contributed by atoms with Crippen LogP contribution in [-0.2, 0) is 10.2 Å². The van der Waals surface area contributed by atoms with Crippen LogP contribution >= 0.6 is 0 Å². The molecule has 0 bridgehead atoms. The summed E-state index contributed by atoms with van der Waals surface area (Å²) in [4.78, 5) is 16.2. The second-order valence-corrected chi connectivity index (χ2v) is 9.59. The van der Waals surface area contributed by atoms with Crippen LogP contribution in [0.15, 0.2) is 48.5 Å². The van der Waals surface area contributed by atoms with Crippen LogP contribution in [0.5, 0.6) is 5.75 Å². The third-order valence-corrected chi connectivity index (χ3v) is 6.91. The molecule has 1 N–H and O–H groups in total. The van der Waals surface area contributed by atoms with Gasteiger partial charge in [-0.15, -0.1) is 0 Å². The van der Waals surface area contributed by atoms with Crippen LogP contribution in [0.25, 0.3) is 0 Å². The van der Waals surface area contributed by atoms with E-state index < -0.39 is 5.41 Å². The lowest BCUT2D eigenvalue weighted by Gasteiger charge is -2.36. The Morgan fingerprint density at radius 3 is 2.20 bits per heavy atom. The minimum Gasteiger partial charge on any atom is -0.492 e. The summed E-state index contributed by atoms with van der Waals surface area (Å²) in [6, 6.07) is 16.5. The van der Waals surface area contributed by atoms with Crippen LogP contribution < -0.4 is 10.1 Å². The van der Waals surface area contributed by atoms with Crippen molar-refractivity contribution in [1.82, 2.24) is 9.80 Å². The summed E-state index contributed by atoms with van der Waals surface area (Å²) in [6.07, 6.45) is 1.75. The van der Waals surface area contributed by atoms with E-state index in [4.69, 9.17) is 4.74 Å². The number of nitriles is 1. The largest absolute Gasteiger partial charge is 0.492 e. The zero-order chi connectivity index (χ0) is 25.3. The number of halogens is 1. The number of ether oxygens (including phenoxy) is 1. The molecule has 3 rings (SSSR count). The maximum absolute atomic E-state index is 13.0. The van der Waals surface area contributed by atoms with Crippen molar-refractivity contribution in [3.8, 4) is 11.8 Å². The van der Waals surface area contributed by atoms with Gasteiger partial charge in [-0.3, -0.25) is 9.69 Å². The summed E-state index contributed by atoms with van der Waals surface area (Å²) in [7, 11) is 0. The standard InChI is InChI=1S/C28H37FN4O2/c1-22(2)28(21-30,24-5-9-26(10-6-24)31-23(3)34)13-4-14-32-15-17-33(18-16-32)19-20-35-27-11-7-25(29)8-12-27/h5-12,22H,4,13-20H2,1-3H3,(H,31,34). The van der Waals surface area contributed by atoms with Gasteiger partial charge in [0.1, 0.15) is 18.2 Å². The van der Waals surface area contributed by atoms with Crippen LogP contribution in [0.2, 0.25) is 0 Å². The van der Waals surface area contributed by atoms with Gasteiger partial charge < -0.3 is 15.0 Å². The predicted octanol–water partition coefficient (Wildman–Crippen LogP) is 4.68. The van der Waals surface area contributed by atoms with Gasteiger partial charge in [-0.2, -0.15) is 5.26 Å². The first-order chi connectivity index (χ1) is 16.8. The van der Waals surface area contributed by atoms with E-state index in [0.717, 1.165) is 63.4 Å². The fourth-order valence-electron chi connectivity index (χ4n) is 4.71. The average Bonchev–Trinajstić information content (AvgIpc) is 2.84. The van der Waals surface area contributed by atoms with E-state index >= 15 is 0 Å². The lowest BCUT2D eigenvalue weighted by Crippen LogP contribution is -2.47. The third-order valence-electron chi connectivity index (χ3n) is 6.91. The number of carbonyl (C=O) groups excluding carboxylic acids is 1. The number of amides is 1. The van der Waals surface area contributed by atoms with Crippen molar-refractivity contribution in [3.63, 3.8) is 0 Å². The summed E-state index contributed by atoms with van der Waals surface area (Å²) < 4.78 is 18.7. The molecule has 0 radical (unpaired) electrons. The Balaban J connectivity index is 1.44. The number of rotatable bonds is 11. The smallest absolute Gasteiger partial charge is 0.221 e. The summed E-state index contributed by atoms with van der Waals surface area (Å²) in [5.41, 5.74) is 1.21. The molecule has 2 aromatic carbocycles. The molecule has 1 aliphatic heterocycles. The van der Waals surface area contributed by atoms with E-state index in [0.29, 0.717) is 12.4 Å². The molecule has 35 heavy (non-hydrogen) atoms. The summed E-state index contributed by atoms with van der Waals surface area (Å²) >= 11 is 0. The molecule has 1 saturated heterocycles. The molecule has 1 aliphatic rings. The van der Waals surface area contributed by atoms with Crippen molar-refractivity contribution >= 4 is 11.6 Å². The van der Waals surface area contributed by atoms with Gasteiger partial charge in [0.05, 0.1) is 11.5 Å². The molecule has 0 saturated carbocycles. The molecule has 0 aromatic heterocycles. The van der Waals surface area contributed by atoms with Gasteiger partial charge in [-0.25, -0.2) is 4.39 Å². The molecule has 1 unspecified atom stereocenters. The summed E-state index contributed by atoms with van der Waals surface area (Å²) in [6.45, 7) is 12.1. The molecular formula is C28H37FN4O2. The number of anilines is 1. The fourth-order valence-corrected chi connectivity index (χ4v) is 4.71. The molecule has 6 nitrogen and oxygen atoms in total. The molecule has 0 aliphatic carbocycles. The van der Waals surface area contributed by atoms with Gasteiger partial charge in [-0.05, 0) is 67.3 Å². The molecule has 1 fully saturated rings. The number of nitrogens with zero attached hydrogens (tertiary/aromatic N) is 3. The lowest BCUT2D eigenvalue weighted by molar-refractivity contribution is -0.114.